The number of hydrogen-bond donors (Lipinski definition) is 2. The molecule has 47 heavy (non-hydrogen) atoms. The molecule has 2 N–H and O–H groups in total. The van der Waals surface area contributed by atoms with Crippen LogP contribution in [0.1, 0.15) is 11.1 Å². The maximum absolute atomic E-state index is 14.5. The van der Waals surface area contributed by atoms with Crippen molar-refractivity contribution in [3.05, 3.63) is 29.3 Å². The Bertz CT molecular complexity index is 1220. The zero-order valence-electron chi connectivity index (χ0n) is 20.5. The van der Waals surface area contributed by atoms with Gasteiger partial charge in [-0.1, -0.05) is 12.1 Å². The van der Waals surface area contributed by atoms with Crippen LogP contribution in [0.5, 0.6) is 0 Å². The Morgan fingerprint density at radius 1 is 0.319 bits per heavy atom. The average molecular weight is 758 g/mol. The summed E-state index contributed by atoms with van der Waals surface area (Å²) in [6.45, 7) is 0. The van der Waals surface area contributed by atoms with Crippen LogP contribution in [-0.2, 0) is 11.8 Å². The van der Waals surface area contributed by atoms with Gasteiger partial charge in [0, 0.05) is 11.1 Å². The van der Waals surface area contributed by atoms with Crippen molar-refractivity contribution in [2.24, 2.45) is 0 Å². The van der Waals surface area contributed by atoms with Crippen LogP contribution in [0.3, 0.4) is 0 Å². The lowest BCUT2D eigenvalue weighted by Gasteiger charge is -2.40. The molecule has 0 aliphatic heterocycles. The van der Waals surface area contributed by atoms with E-state index in [0.29, 0.717) is 0 Å². The fraction of sp³-hybridized carbons (Fsp3) is 0.667. The lowest BCUT2D eigenvalue weighted by molar-refractivity contribution is -0.442. The summed E-state index contributed by atoms with van der Waals surface area (Å²) in [7, 11) is -3.91. The van der Waals surface area contributed by atoms with E-state index in [4.69, 9.17) is 10.0 Å². The first-order valence-corrected chi connectivity index (χ1v) is 10.5. The zero-order valence-corrected chi connectivity index (χ0v) is 20.5. The van der Waals surface area contributed by atoms with Crippen LogP contribution in [0, 0.1) is 0 Å². The Hall–Kier alpha value is -2.62. The molecule has 0 amide bonds. The molecule has 0 aliphatic carbocycles. The van der Waals surface area contributed by atoms with Gasteiger partial charge >= 0.3 is 78.7 Å². The van der Waals surface area contributed by atoms with E-state index in [1.807, 2.05) is 0 Å². The summed E-state index contributed by atoms with van der Waals surface area (Å²) in [6, 6.07) is -4.70. The highest BCUT2D eigenvalue weighted by atomic mass is 19.4. The summed E-state index contributed by atoms with van der Waals surface area (Å²) < 4.78 is 348. The Labute approximate surface area is 239 Å². The van der Waals surface area contributed by atoms with Gasteiger partial charge in [0.2, 0.25) is 0 Å². The van der Waals surface area contributed by atoms with E-state index < -0.39 is 113 Å². The van der Waals surface area contributed by atoms with Gasteiger partial charge in [0.15, 0.2) is 0 Å². The summed E-state index contributed by atoms with van der Waals surface area (Å²) in [5.74, 6) is -84.1. The molecule has 0 bridgehead atoms. The molecule has 0 saturated carbocycles. The number of rotatable bonds is 11. The Balaban J connectivity index is 4.14. The molecule has 1 rings (SSSR count). The number of halogens is 26. The first-order chi connectivity index (χ1) is 20.0. The molecule has 0 aromatic heterocycles. The van der Waals surface area contributed by atoms with Crippen LogP contribution in [0.4, 0.5) is 114 Å². The van der Waals surface area contributed by atoms with Crippen molar-refractivity contribution in [1.82, 2.24) is 0 Å². The van der Waals surface area contributed by atoms with E-state index in [0.717, 1.165) is 0 Å². The molecular formula is C18H5BF26O2. The SMILES string of the molecule is OB(O)c1cc(C(F)(F)C(F)(F)C(F)(F)C(F)(F)C(F)(F)C(F)(F)F)cc(C(F)(F)C(F)(F)C(F)(F)C(F)(F)C(F)(F)C(F)(F)F)c1. The molecule has 0 radical (unpaired) electrons. The van der Waals surface area contributed by atoms with E-state index in [9.17, 15) is 114 Å². The molecule has 0 spiro atoms. The maximum Gasteiger partial charge on any atom is 0.488 e. The maximum atomic E-state index is 14.5. The number of benzene rings is 1. The third-order valence-electron chi connectivity index (χ3n) is 5.85. The molecule has 1 aromatic rings. The third kappa shape index (κ3) is 5.58. The highest BCUT2D eigenvalue weighted by molar-refractivity contribution is 6.58. The van der Waals surface area contributed by atoms with Crippen molar-refractivity contribution in [2.75, 3.05) is 0 Å². The summed E-state index contributed by atoms with van der Waals surface area (Å²) in [5, 5.41) is 17.8. The molecule has 274 valence electrons. The Kier molecular flexibility index (Phi) is 9.88. The lowest BCUT2D eigenvalue weighted by Crippen LogP contribution is -2.69. The van der Waals surface area contributed by atoms with E-state index in [1.165, 1.54) is 0 Å². The lowest BCUT2D eigenvalue weighted by atomic mass is 9.76. The average Bonchev–Trinajstić information content (AvgIpc) is 2.85. The minimum atomic E-state index is -8.73. The standard InChI is InChI=1S/C18H5BF26O2/c20-7(21,9(24,25)11(28,29)13(32,33)15(36,37)17(40,41)42)4-1-5(3-6(2-4)19(46)47)8(22,23)10(26,27)12(30,31)14(34,35)16(38,39)18(43,44)45/h1-3,46-47H. The van der Waals surface area contributed by atoms with Crippen molar-refractivity contribution >= 4 is 12.6 Å². The minimum Gasteiger partial charge on any atom is -0.423 e. The van der Waals surface area contributed by atoms with Crippen molar-refractivity contribution in [1.29, 1.82) is 0 Å². The normalized spacial score (nSPS) is 16.1. The summed E-state index contributed by atoms with van der Waals surface area (Å²) in [5.41, 5.74) is -10.2. The van der Waals surface area contributed by atoms with E-state index in [1.54, 1.807) is 0 Å². The van der Waals surface area contributed by atoms with Crippen LogP contribution in [0.2, 0.25) is 0 Å². The smallest absolute Gasteiger partial charge is 0.423 e. The first-order valence-electron chi connectivity index (χ1n) is 10.5. The molecule has 0 saturated heterocycles. The molecule has 2 nitrogen and oxygen atoms in total. The van der Waals surface area contributed by atoms with Gasteiger partial charge in [-0.05, 0) is 11.5 Å². The van der Waals surface area contributed by atoms with Gasteiger partial charge in [0.25, 0.3) is 0 Å². The van der Waals surface area contributed by atoms with Gasteiger partial charge in [-0.25, -0.2) is 0 Å². The van der Waals surface area contributed by atoms with Crippen molar-refractivity contribution < 1.29 is 124 Å². The van der Waals surface area contributed by atoms with Crippen LogP contribution < -0.4 is 5.46 Å². The largest absolute Gasteiger partial charge is 0.488 e. The minimum absolute atomic E-state index is 1.34. The predicted molar refractivity (Wildman–Crippen MR) is 95.7 cm³/mol. The Morgan fingerprint density at radius 3 is 0.723 bits per heavy atom. The molecule has 0 atom stereocenters. The van der Waals surface area contributed by atoms with Crippen LogP contribution in [0.25, 0.3) is 0 Å². The zero-order chi connectivity index (χ0) is 38.4. The van der Waals surface area contributed by atoms with Crippen molar-refractivity contribution in [2.45, 2.75) is 71.6 Å². The quantitative estimate of drug-likeness (QED) is 0.179. The second kappa shape index (κ2) is 10.9. The highest BCUT2D eigenvalue weighted by Crippen LogP contribution is 2.64. The summed E-state index contributed by atoms with van der Waals surface area (Å²) >= 11 is 0. The molecule has 0 fully saturated rings. The topological polar surface area (TPSA) is 40.5 Å². The monoisotopic (exact) mass is 758 g/mol. The fourth-order valence-electron chi connectivity index (χ4n) is 3.06. The molecule has 0 heterocycles. The third-order valence-corrected chi connectivity index (χ3v) is 5.85. The molecule has 0 unspecified atom stereocenters. The second-order valence-electron chi connectivity index (χ2n) is 8.96. The van der Waals surface area contributed by atoms with Gasteiger partial charge < -0.3 is 10.0 Å². The van der Waals surface area contributed by atoms with Crippen LogP contribution in [-0.4, -0.2) is 76.9 Å². The highest BCUT2D eigenvalue weighted by Gasteiger charge is 2.92. The van der Waals surface area contributed by atoms with Gasteiger partial charge in [-0.2, -0.15) is 114 Å². The van der Waals surface area contributed by atoms with Gasteiger partial charge in [-0.15, -0.1) is 0 Å². The molecular weight excluding hydrogens is 753 g/mol. The fourth-order valence-corrected chi connectivity index (χ4v) is 3.06. The molecule has 0 aliphatic rings. The first kappa shape index (κ1) is 42.4. The van der Waals surface area contributed by atoms with Crippen LogP contribution >= 0.6 is 0 Å². The predicted octanol–water partition coefficient (Wildman–Crippen LogP) is 7.76. The van der Waals surface area contributed by atoms with E-state index >= 15 is 0 Å². The van der Waals surface area contributed by atoms with Crippen molar-refractivity contribution in [3.8, 4) is 0 Å². The second-order valence-corrected chi connectivity index (χ2v) is 8.96. The van der Waals surface area contributed by atoms with E-state index in [2.05, 4.69) is 0 Å². The summed E-state index contributed by atoms with van der Waals surface area (Å²) in [6.07, 6.45) is -15.9. The number of hydrogen-bond acceptors (Lipinski definition) is 2. The number of alkyl halides is 26. The van der Waals surface area contributed by atoms with Gasteiger partial charge in [0.1, 0.15) is 0 Å². The van der Waals surface area contributed by atoms with E-state index in [-0.39, 0.29) is 0 Å². The van der Waals surface area contributed by atoms with Crippen molar-refractivity contribution in [3.63, 3.8) is 0 Å². The molecule has 1 aromatic carbocycles. The van der Waals surface area contributed by atoms with Gasteiger partial charge in [-0.3, -0.25) is 0 Å². The van der Waals surface area contributed by atoms with Crippen LogP contribution in [0.15, 0.2) is 18.2 Å². The van der Waals surface area contributed by atoms with Gasteiger partial charge in [0.05, 0.1) is 0 Å². The Morgan fingerprint density at radius 2 is 0.532 bits per heavy atom. The summed E-state index contributed by atoms with van der Waals surface area (Å²) in [4.78, 5) is 0. The molecule has 29 heteroatoms.